The topological polar surface area (TPSA) is 50.2 Å². The molecule has 3 rings (SSSR count). The summed E-state index contributed by atoms with van der Waals surface area (Å²) >= 11 is 0. The van der Waals surface area contributed by atoms with Crippen molar-refractivity contribution < 1.29 is 9.90 Å². The van der Waals surface area contributed by atoms with Crippen LogP contribution in [0, 0.1) is 0 Å². The molecule has 0 unspecified atom stereocenters. The molecular formula is C16H11NO2. The number of hydrogen-bond acceptors (Lipinski definition) is 2. The van der Waals surface area contributed by atoms with Crippen LogP contribution in [0.1, 0.15) is 10.4 Å². The highest BCUT2D eigenvalue weighted by Crippen LogP contribution is 2.27. The van der Waals surface area contributed by atoms with E-state index in [-0.39, 0.29) is 5.56 Å². The van der Waals surface area contributed by atoms with Gasteiger partial charge in [-0.05, 0) is 11.6 Å². The van der Waals surface area contributed by atoms with Crippen molar-refractivity contribution in [3.63, 3.8) is 0 Å². The number of nitrogens with zero attached hydrogens (tertiary/aromatic N) is 1. The number of aromatic carboxylic acids is 1. The smallest absolute Gasteiger partial charge is 0.337 e. The van der Waals surface area contributed by atoms with Crippen molar-refractivity contribution in [2.24, 2.45) is 0 Å². The van der Waals surface area contributed by atoms with Crippen LogP contribution in [0.2, 0.25) is 0 Å². The number of carboxylic acid groups (broad SMARTS) is 1. The Bertz CT molecular complexity index is 751. The molecule has 92 valence electrons. The molecule has 19 heavy (non-hydrogen) atoms. The maximum absolute atomic E-state index is 11.0. The summed E-state index contributed by atoms with van der Waals surface area (Å²) in [6, 6.07) is 17.4. The van der Waals surface area contributed by atoms with E-state index < -0.39 is 5.97 Å². The van der Waals surface area contributed by atoms with Crippen LogP contribution in [0.25, 0.3) is 22.0 Å². The quantitative estimate of drug-likeness (QED) is 0.754. The molecule has 0 saturated carbocycles. The number of carbonyl (C=O) groups is 1. The van der Waals surface area contributed by atoms with Crippen LogP contribution in [0.5, 0.6) is 0 Å². The monoisotopic (exact) mass is 249 g/mol. The standard InChI is InChI=1S/C16H11NO2/c18-16(19)13-9-12-7-4-8-14(15(12)17-10-13)11-5-2-1-3-6-11/h1-10H,(H,18,19). The second kappa shape index (κ2) is 4.53. The molecule has 0 bridgehead atoms. The summed E-state index contributed by atoms with van der Waals surface area (Å²) in [5.41, 5.74) is 3.11. The van der Waals surface area contributed by atoms with Gasteiger partial charge in [-0.25, -0.2) is 4.79 Å². The molecule has 1 aromatic heterocycles. The molecule has 2 aromatic carbocycles. The zero-order valence-electron chi connectivity index (χ0n) is 10.1. The van der Waals surface area contributed by atoms with E-state index in [0.29, 0.717) is 0 Å². The summed E-state index contributed by atoms with van der Waals surface area (Å²) in [5.74, 6) is -0.959. The van der Waals surface area contributed by atoms with Crippen molar-refractivity contribution in [1.82, 2.24) is 4.98 Å². The summed E-state index contributed by atoms with van der Waals surface area (Å²) in [7, 11) is 0. The second-order valence-electron chi connectivity index (χ2n) is 4.27. The van der Waals surface area contributed by atoms with Crippen LogP contribution in [0.15, 0.2) is 60.8 Å². The second-order valence-corrected chi connectivity index (χ2v) is 4.27. The fourth-order valence-corrected chi connectivity index (χ4v) is 2.13. The van der Waals surface area contributed by atoms with Crippen molar-refractivity contribution >= 4 is 16.9 Å². The average Bonchev–Trinajstić information content (AvgIpc) is 2.47. The lowest BCUT2D eigenvalue weighted by atomic mass is 10.0. The average molecular weight is 249 g/mol. The lowest BCUT2D eigenvalue weighted by Crippen LogP contribution is -1.97. The van der Waals surface area contributed by atoms with Crippen molar-refractivity contribution in [2.45, 2.75) is 0 Å². The predicted molar refractivity (Wildman–Crippen MR) is 74.1 cm³/mol. The van der Waals surface area contributed by atoms with E-state index in [2.05, 4.69) is 4.98 Å². The molecule has 0 aliphatic heterocycles. The van der Waals surface area contributed by atoms with Crippen molar-refractivity contribution in [1.29, 1.82) is 0 Å². The summed E-state index contributed by atoms with van der Waals surface area (Å²) in [5, 5.41) is 9.83. The zero-order valence-corrected chi connectivity index (χ0v) is 10.1. The molecule has 0 atom stereocenters. The van der Waals surface area contributed by atoms with Gasteiger partial charge in [0.1, 0.15) is 0 Å². The van der Waals surface area contributed by atoms with Crippen LogP contribution < -0.4 is 0 Å². The van der Waals surface area contributed by atoms with E-state index in [1.807, 2.05) is 48.5 Å². The van der Waals surface area contributed by atoms with Gasteiger partial charge in [0.05, 0.1) is 11.1 Å². The Labute approximate surface area is 110 Å². The highest BCUT2D eigenvalue weighted by Gasteiger charge is 2.08. The van der Waals surface area contributed by atoms with Gasteiger partial charge in [-0.3, -0.25) is 4.98 Å². The molecule has 0 saturated heterocycles. The van der Waals surface area contributed by atoms with E-state index in [1.54, 1.807) is 6.07 Å². The van der Waals surface area contributed by atoms with Crippen molar-refractivity contribution in [3.8, 4) is 11.1 Å². The van der Waals surface area contributed by atoms with Gasteiger partial charge in [0.25, 0.3) is 0 Å². The third kappa shape index (κ3) is 2.06. The van der Waals surface area contributed by atoms with Crippen LogP contribution in [0.3, 0.4) is 0 Å². The van der Waals surface area contributed by atoms with E-state index in [9.17, 15) is 4.79 Å². The van der Waals surface area contributed by atoms with E-state index >= 15 is 0 Å². The van der Waals surface area contributed by atoms with E-state index in [4.69, 9.17) is 5.11 Å². The number of benzene rings is 2. The van der Waals surface area contributed by atoms with Gasteiger partial charge in [0.2, 0.25) is 0 Å². The molecule has 3 heteroatoms. The van der Waals surface area contributed by atoms with Crippen LogP contribution in [-0.2, 0) is 0 Å². The van der Waals surface area contributed by atoms with E-state index in [0.717, 1.165) is 22.0 Å². The van der Waals surface area contributed by atoms with E-state index in [1.165, 1.54) is 6.20 Å². The minimum Gasteiger partial charge on any atom is -0.478 e. The SMILES string of the molecule is O=C(O)c1cnc2c(-c3ccccc3)cccc2c1. The number of carboxylic acids is 1. The van der Waals surface area contributed by atoms with Crippen molar-refractivity contribution in [3.05, 3.63) is 66.4 Å². The largest absolute Gasteiger partial charge is 0.478 e. The lowest BCUT2D eigenvalue weighted by molar-refractivity contribution is 0.0696. The third-order valence-corrected chi connectivity index (χ3v) is 3.04. The Hall–Kier alpha value is -2.68. The number of para-hydroxylation sites is 1. The molecular weight excluding hydrogens is 238 g/mol. The highest BCUT2D eigenvalue weighted by molar-refractivity contribution is 5.97. The van der Waals surface area contributed by atoms with Gasteiger partial charge in [-0.1, -0.05) is 48.5 Å². The van der Waals surface area contributed by atoms with Gasteiger partial charge >= 0.3 is 5.97 Å². The van der Waals surface area contributed by atoms with Gasteiger partial charge < -0.3 is 5.11 Å². The fraction of sp³-hybridized carbons (Fsp3) is 0. The van der Waals surface area contributed by atoms with Crippen LogP contribution >= 0.6 is 0 Å². The number of pyridine rings is 1. The lowest BCUT2D eigenvalue weighted by Gasteiger charge is -2.06. The van der Waals surface area contributed by atoms with Crippen molar-refractivity contribution in [2.75, 3.05) is 0 Å². The van der Waals surface area contributed by atoms with Gasteiger partial charge in [0, 0.05) is 17.1 Å². The molecule has 0 radical (unpaired) electrons. The minimum absolute atomic E-state index is 0.206. The molecule has 3 nitrogen and oxygen atoms in total. The maximum atomic E-state index is 11.0. The van der Waals surface area contributed by atoms with Crippen LogP contribution in [-0.4, -0.2) is 16.1 Å². The first-order valence-electron chi connectivity index (χ1n) is 5.93. The summed E-state index contributed by atoms with van der Waals surface area (Å²) in [6.07, 6.45) is 1.40. The Balaban J connectivity index is 2.25. The number of aromatic nitrogens is 1. The first-order valence-corrected chi connectivity index (χ1v) is 5.93. The number of fused-ring (bicyclic) bond motifs is 1. The fourth-order valence-electron chi connectivity index (χ4n) is 2.13. The Kier molecular flexibility index (Phi) is 2.72. The molecule has 1 N–H and O–H groups in total. The molecule has 0 aliphatic carbocycles. The molecule has 3 aromatic rings. The van der Waals surface area contributed by atoms with Crippen LogP contribution in [0.4, 0.5) is 0 Å². The molecule has 1 heterocycles. The Morgan fingerprint density at radius 3 is 2.53 bits per heavy atom. The highest BCUT2D eigenvalue weighted by atomic mass is 16.4. The maximum Gasteiger partial charge on any atom is 0.337 e. The zero-order chi connectivity index (χ0) is 13.2. The molecule has 0 fully saturated rings. The third-order valence-electron chi connectivity index (χ3n) is 3.04. The molecule has 0 spiro atoms. The number of hydrogen-bond donors (Lipinski definition) is 1. The summed E-state index contributed by atoms with van der Waals surface area (Å²) in [4.78, 5) is 15.3. The van der Waals surface area contributed by atoms with Gasteiger partial charge in [0.15, 0.2) is 0 Å². The summed E-state index contributed by atoms with van der Waals surface area (Å²) in [6.45, 7) is 0. The molecule has 0 aliphatic rings. The van der Waals surface area contributed by atoms with Gasteiger partial charge in [-0.15, -0.1) is 0 Å². The normalized spacial score (nSPS) is 10.5. The minimum atomic E-state index is -0.959. The van der Waals surface area contributed by atoms with Gasteiger partial charge in [-0.2, -0.15) is 0 Å². The first-order chi connectivity index (χ1) is 9.25. The Morgan fingerprint density at radius 2 is 1.79 bits per heavy atom. The summed E-state index contributed by atoms with van der Waals surface area (Å²) < 4.78 is 0. The first kappa shape index (κ1) is 11.4. The Morgan fingerprint density at radius 1 is 1.00 bits per heavy atom. The number of rotatable bonds is 2. The molecule has 0 amide bonds. The predicted octanol–water partition coefficient (Wildman–Crippen LogP) is 3.60.